The fourth-order valence-corrected chi connectivity index (χ4v) is 1.55. The molecule has 3 nitrogen and oxygen atoms in total. The summed E-state index contributed by atoms with van der Waals surface area (Å²) in [6.07, 6.45) is -0.0649. The van der Waals surface area contributed by atoms with E-state index in [-0.39, 0.29) is 6.10 Å². The first-order valence-corrected chi connectivity index (χ1v) is 4.93. The minimum Gasteiger partial charge on any atom is -0.479 e. The summed E-state index contributed by atoms with van der Waals surface area (Å²) in [5.41, 5.74) is 1.03. The number of para-hydroxylation sites is 2. The van der Waals surface area contributed by atoms with Gasteiger partial charge in [-0.25, -0.2) is 0 Å². The van der Waals surface area contributed by atoms with E-state index in [1.54, 1.807) is 0 Å². The summed E-state index contributed by atoms with van der Waals surface area (Å²) in [5.74, 6) is 0.862. The Morgan fingerprint density at radius 3 is 3.14 bits per heavy atom. The fraction of sp³-hybridized carbons (Fsp3) is 0.300. The molecule has 74 valence electrons. The van der Waals surface area contributed by atoms with Crippen molar-refractivity contribution in [2.75, 3.05) is 18.9 Å². The molecule has 0 saturated heterocycles. The molecule has 1 atom stereocenters. The van der Waals surface area contributed by atoms with Crippen LogP contribution < -0.4 is 15.4 Å². The minimum absolute atomic E-state index is 0.0649. The predicted molar refractivity (Wildman–Crippen MR) is 61.0 cm³/mol. The van der Waals surface area contributed by atoms with Crippen molar-refractivity contribution in [3.8, 4) is 5.75 Å². The number of anilines is 1. The van der Waals surface area contributed by atoms with E-state index < -0.39 is 0 Å². The largest absolute Gasteiger partial charge is 0.479 e. The summed E-state index contributed by atoms with van der Waals surface area (Å²) in [7, 11) is 1.81. The Morgan fingerprint density at radius 2 is 2.36 bits per heavy atom. The molecule has 0 aliphatic carbocycles. The molecule has 1 aliphatic heterocycles. The van der Waals surface area contributed by atoms with Gasteiger partial charge in [-0.15, -0.1) is 0 Å². The molecule has 0 radical (unpaired) electrons. The van der Waals surface area contributed by atoms with E-state index in [2.05, 4.69) is 10.6 Å². The number of likely N-dealkylation sites (N-methyl/N-ethyl adjacent to an activating group) is 1. The molecule has 1 aromatic carbocycles. The van der Waals surface area contributed by atoms with Crippen molar-refractivity contribution >= 4 is 22.9 Å². The molecule has 14 heavy (non-hydrogen) atoms. The number of hydrogen-bond acceptors (Lipinski definition) is 3. The lowest BCUT2D eigenvalue weighted by Crippen LogP contribution is -2.42. The van der Waals surface area contributed by atoms with E-state index in [1.807, 2.05) is 31.3 Å². The second-order valence-corrected chi connectivity index (χ2v) is 3.54. The Hall–Kier alpha value is -1.29. The van der Waals surface area contributed by atoms with Crippen molar-refractivity contribution in [1.29, 1.82) is 0 Å². The van der Waals surface area contributed by atoms with Gasteiger partial charge in [0, 0.05) is 7.05 Å². The van der Waals surface area contributed by atoms with Gasteiger partial charge in [0.25, 0.3) is 0 Å². The zero-order valence-electron chi connectivity index (χ0n) is 7.91. The first-order valence-electron chi connectivity index (χ1n) is 4.52. The molecular weight excluding hydrogens is 196 g/mol. The Labute approximate surface area is 88.5 Å². The highest BCUT2D eigenvalue weighted by atomic mass is 32.1. The number of hydrogen-bond donors (Lipinski definition) is 2. The molecule has 1 unspecified atom stereocenters. The smallest absolute Gasteiger partial charge is 0.166 e. The Balaban J connectivity index is 2.17. The predicted octanol–water partition coefficient (Wildman–Crippen LogP) is 1.41. The summed E-state index contributed by atoms with van der Waals surface area (Å²) >= 11 is 5.13. The third-order valence-corrected chi connectivity index (χ3v) is 2.64. The van der Waals surface area contributed by atoms with Gasteiger partial charge >= 0.3 is 0 Å². The molecule has 0 fully saturated rings. The number of benzene rings is 1. The number of thiocarbonyl (C=S) groups is 1. The van der Waals surface area contributed by atoms with Crippen LogP contribution in [0.2, 0.25) is 0 Å². The van der Waals surface area contributed by atoms with Crippen LogP contribution >= 0.6 is 12.2 Å². The molecule has 1 aliphatic rings. The molecule has 1 aromatic rings. The maximum atomic E-state index is 5.72. The molecule has 4 heteroatoms. The lowest BCUT2D eigenvalue weighted by molar-refractivity contribution is 0.269. The Morgan fingerprint density at radius 1 is 1.57 bits per heavy atom. The zero-order chi connectivity index (χ0) is 9.97. The molecule has 0 aromatic heterocycles. The first kappa shape index (κ1) is 9.27. The van der Waals surface area contributed by atoms with Crippen LogP contribution in [0.4, 0.5) is 5.69 Å². The highest BCUT2D eigenvalue weighted by Crippen LogP contribution is 2.28. The van der Waals surface area contributed by atoms with Crippen molar-refractivity contribution in [3.05, 3.63) is 24.3 Å². The van der Waals surface area contributed by atoms with Crippen LogP contribution in [0.15, 0.2) is 24.3 Å². The third kappa shape index (κ3) is 1.65. The number of nitrogens with one attached hydrogen (secondary N) is 2. The van der Waals surface area contributed by atoms with Crippen LogP contribution in [0.25, 0.3) is 0 Å². The van der Waals surface area contributed by atoms with E-state index in [4.69, 9.17) is 17.0 Å². The molecule has 0 saturated carbocycles. The van der Waals surface area contributed by atoms with Gasteiger partial charge in [0.15, 0.2) is 6.10 Å². The van der Waals surface area contributed by atoms with Crippen molar-refractivity contribution in [3.63, 3.8) is 0 Å². The van der Waals surface area contributed by atoms with Crippen LogP contribution in [0.5, 0.6) is 5.75 Å². The standard InChI is InChI=1S/C10H12N2OS/c1-11-10(14)9-6-12-7-4-2-3-5-8(7)13-9/h2-5,9,12H,6H2,1H3,(H,11,14). The molecule has 2 rings (SSSR count). The minimum atomic E-state index is -0.0649. The van der Waals surface area contributed by atoms with Gasteiger partial charge in [-0.05, 0) is 12.1 Å². The second kappa shape index (κ2) is 3.84. The maximum Gasteiger partial charge on any atom is 0.166 e. The van der Waals surface area contributed by atoms with E-state index >= 15 is 0 Å². The van der Waals surface area contributed by atoms with Crippen molar-refractivity contribution in [1.82, 2.24) is 5.32 Å². The third-order valence-electron chi connectivity index (χ3n) is 2.17. The van der Waals surface area contributed by atoms with Gasteiger partial charge in [0.1, 0.15) is 10.7 Å². The molecule has 1 heterocycles. The van der Waals surface area contributed by atoms with E-state index in [0.717, 1.165) is 23.0 Å². The number of rotatable bonds is 1. The van der Waals surface area contributed by atoms with Crippen molar-refractivity contribution in [2.45, 2.75) is 6.10 Å². The average molecular weight is 208 g/mol. The SMILES string of the molecule is CNC(=S)C1CNc2ccccc2O1. The lowest BCUT2D eigenvalue weighted by Gasteiger charge is -2.27. The van der Waals surface area contributed by atoms with Gasteiger partial charge in [-0.3, -0.25) is 0 Å². The lowest BCUT2D eigenvalue weighted by atomic mass is 10.2. The highest BCUT2D eigenvalue weighted by molar-refractivity contribution is 7.80. The van der Waals surface area contributed by atoms with Crippen LogP contribution in [-0.4, -0.2) is 24.7 Å². The topological polar surface area (TPSA) is 33.3 Å². The van der Waals surface area contributed by atoms with Gasteiger partial charge in [0.2, 0.25) is 0 Å². The summed E-state index contributed by atoms with van der Waals surface area (Å²) in [4.78, 5) is 0.729. The van der Waals surface area contributed by atoms with Gasteiger partial charge in [-0.2, -0.15) is 0 Å². The fourth-order valence-electron chi connectivity index (χ4n) is 1.42. The van der Waals surface area contributed by atoms with E-state index in [1.165, 1.54) is 0 Å². The maximum absolute atomic E-state index is 5.72. The Bertz CT molecular complexity index is 354. The zero-order valence-corrected chi connectivity index (χ0v) is 8.73. The van der Waals surface area contributed by atoms with Crippen molar-refractivity contribution < 1.29 is 4.74 Å². The van der Waals surface area contributed by atoms with Gasteiger partial charge < -0.3 is 15.4 Å². The molecule has 2 N–H and O–H groups in total. The molecule has 0 spiro atoms. The highest BCUT2D eigenvalue weighted by Gasteiger charge is 2.21. The molecule has 0 bridgehead atoms. The summed E-state index contributed by atoms with van der Waals surface area (Å²) < 4.78 is 5.72. The number of ether oxygens (including phenoxy) is 1. The number of fused-ring (bicyclic) bond motifs is 1. The Kier molecular flexibility index (Phi) is 2.54. The molecule has 0 amide bonds. The van der Waals surface area contributed by atoms with E-state index in [0.29, 0.717) is 0 Å². The summed E-state index contributed by atoms with van der Waals surface area (Å²) in [6.45, 7) is 0.719. The van der Waals surface area contributed by atoms with Crippen molar-refractivity contribution in [2.24, 2.45) is 0 Å². The van der Waals surface area contributed by atoms with Crippen LogP contribution in [0, 0.1) is 0 Å². The quantitative estimate of drug-likeness (QED) is 0.684. The normalized spacial score (nSPS) is 18.8. The van der Waals surface area contributed by atoms with Gasteiger partial charge in [0.05, 0.1) is 12.2 Å². The molecular formula is C10H12N2OS. The van der Waals surface area contributed by atoms with Crippen LogP contribution in [0.3, 0.4) is 0 Å². The second-order valence-electron chi connectivity index (χ2n) is 3.10. The summed E-state index contributed by atoms with van der Waals surface area (Å²) in [6, 6.07) is 7.86. The first-order chi connectivity index (χ1) is 6.81. The monoisotopic (exact) mass is 208 g/mol. The average Bonchev–Trinajstić information content (AvgIpc) is 2.27. The van der Waals surface area contributed by atoms with Crippen LogP contribution in [0.1, 0.15) is 0 Å². The van der Waals surface area contributed by atoms with E-state index in [9.17, 15) is 0 Å². The van der Waals surface area contributed by atoms with Crippen LogP contribution in [-0.2, 0) is 0 Å². The summed E-state index contributed by atoms with van der Waals surface area (Å²) in [5, 5.41) is 6.21. The van der Waals surface area contributed by atoms with Gasteiger partial charge in [-0.1, -0.05) is 24.4 Å².